The van der Waals surface area contributed by atoms with Crippen molar-refractivity contribution >= 4 is 29.0 Å². The van der Waals surface area contributed by atoms with E-state index in [0.29, 0.717) is 11.4 Å². The zero-order chi connectivity index (χ0) is 16.4. The van der Waals surface area contributed by atoms with Crippen molar-refractivity contribution in [3.8, 4) is 11.4 Å². The molecular formula is C17H16N2O3S. The number of benzene rings is 1. The van der Waals surface area contributed by atoms with Gasteiger partial charge in [-0.1, -0.05) is 6.92 Å². The Labute approximate surface area is 138 Å². The van der Waals surface area contributed by atoms with Gasteiger partial charge in [0.2, 0.25) is 0 Å². The molecule has 1 fully saturated rings. The molecule has 2 heterocycles. The first-order valence-electron chi connectivity index (χ1n) is 7.32. The van der Waals surface area contributed by atoms with Gasteiger partial charge >= 0.3 is 0 Å². The van der Waals surface area contributed by atoms with Crippen LogP contribution in [0.5, 0.6) is 5.75 Å². The molecule has 3 rings (SSSR count). The molecule has 23 heavy (non-hydrogen) atoms. The Hall–Kier alpha value is -2.47. The van der Waals surface area contributed by atoms with Crippen LogP contribution in [0.1, 0.15) is 19.0 Å². The van der Waals surface area contributed by atoms with Crippen LogP contribution in [0.4, 0.5) is 4.79 Å². The molecule has 118 valence electrons. The summed E-state index contributed by atoms with van der Waals surface area (Å²) in [4.78, 5) is 25.9. The Morgan fingerprint density at radius 2 is 1.91 bits per heavy atom. The quantitative estimate of drug-likeness (QED) is 0.871. The van der Waals surface area contributed by atoms with E-state index >= 15 is 0 Å². The van der Waals surface area contributed by atoms with Crippen molar-refractivity contribution in [2.75, 3.05) is 6.54 Å². The van der Waals surface area contributed by atoms with Gasteiger partial charge in [-0.2, -0.15) is 0 Å². The molecule has 6 heteroatoms. The van der Waals surface area contributed by atoms with Crippen LogP contribution in [-0.4, -0.2) is 32.3 Å². The Kier molecular flexibility index (Phi) is 4.25. The van der Waals surface area contributed by atoms with Crippen LogP contribution in [0, 0.1) is 0 Å². The first kappa shape index (κ1) is 15.4. The van der Waals surface area contributed by atoms with Crippen molar-refractivity contribution in [2.24, 2.45) is 0 Å². The lowest BCUT2D eigenvalue weighted by Crippen LogP contribution is -2.28. The second kappa shape index (κ2) is 6.34. The minimum absolute atomic E-state index is 0.197. The predicted octanol–water partition coefficient (Wildman–Crippen LogP) is 3.63. The number of amides is 2. The molecular weight excluding hydrogens is 312 g/mol. The molecule has 1 aliphatic heterocycles. The highest BCUT2D eigenvalue weighted by atomic mass is 32.2. The number of nitrogens with zero attached hydrogens (tertiary/aromatic N) is 2. The van der Waals surface area contributed by atoms with Gasteiger partial charge in [0.15, 0.2) is 0 Å². The number of rotatable bonds is 4. The molecule has 1 aliphatic rings. The number of aromatic hydroxyl groups is 1. The molecule has 0 aliphatic carbocycles. The Bertz CT molecular complexity index is 777. The molecule has 0 atom stereocenters. The van der Waals surface area contributed by atoms with Gasteiger partial charge in [0.05, 0.1) is 4.91 Å². The molecule has 1 aromatic heterocycles. The first-order valence-corrected chi connectivity index (χ1v) is 8.14. The zero-order valence-electron chi connectivity index (χ0n) is 12.6. The van der Waals surface area contributed by atoms with Crippen molar-refractivity contribution in [1.29, 1.82) is 0 Å². The van der Waals surface area contributed by atoms with Crippen molar-refractivity contribution in [1.82, 2.24) is 9.47 Å². The van der Waals surface area contributed by atoms with E-state index in [0.717, 1.165) is 29.6 Å². The number of hydrogen-bond acceptors (Lipinski definition) is 4. The van der Waals surface area contributed by atoms with E-state index in [9.17, 15) is 14.7 Å². The van der Waals surface area contributed by atoms with Crippen LogP contribution in [0.2, 0.25) is 0 Å². The van der Waals surface area contributed by atoms with E-state index in [1.165, 1.54) is 4.90 Å². The molecule has 2 aromatic rings. The van der Waals surface area contributed by atoms with Gasteiger partial charge in [0, 0.05) is 24.1 Å². The maximum absolute atomic E-state index is 12.3. The van der Waals surface area contributed by atoms with E-state index in [4.69, 9.17) is 0 Å². The standard InChI is InChI=1S/C17H16N2O3S/c1-2-9-19-16(21)15(23-17(19)22)11-13-4-3-10-18(13)12-5-7-14(20)8-6-12/h3-8,10-11,20H,2,9H2,1H3/b15-11+. The lowest BCUT2D eigenvalue weighted by atomic mass is 10.3. The van der Waals surface area contributed by atoms with Crippen LogP contribution in [0.15, 0.2) is 47.5 Å². The van der Waals surface area contributed by atoms with Crippen LogP contribution in [-0.2, 0) is 4.79 Å². The number of phenolic OH excluding ortho intramolecular Hbond substituents is 1. The summed E-state index contributed by atoms with van der Waals surface area (Å²) in [6.45, 7) is 2.38. The van der Waals surface area contributed by atoms with Gasteiger partial charge in [0.1, 0.15) is 5.75 Å². The summed E-state index contributed by atoms with van der Waals surface area (Å²) in [5, 5.41) is 9.17. The highest BCUT2D eigenvalue weighted by Crippen LogP contribution is 2.32. The third-order valence-electron chi connectivity index (χ3n) is 3.51. The van der Waals surface area contributed by atoms with Gasteiger partial charge in [-0.3, -0.25) is 14.5 Å². The third-order valence-corrected chi connectivity index (χ3v) is 4.42. The summed E-state index contributed by atoms with van der Waals surface area (Å²) >= 11 is 0.972. The summed E-state index contributed by atoms with van der Waals surface area (Å²) in [6.07, 6.45) is 4.34. The van der Waals surface area contributed by atoms with Gasteiger partial charge in [0.25, 0.3) is 11.1 Å². The summed E-state index contributed by atoms with van der Waals surface area (Å²) < 4.78 is 1.90. The van der Waals surface area contributed by atoms with Gasteiger partial charge in [-0.25, -0.2) is 0 Å². The number of carbonyl (C=O) groups is 2. The molecule has 0 bridgehead atoms. The van der Waals surface area contributed by atoms with Crippen molar-refractivity contribution in [3.05, 3.63) is 53.2 Å². The molecule has 1 N–H and O–H groups in total. The van der Waals surface area contributed by atoms with Gasteiger partial charge in [-0.15, -0.1) is 0 Å². The van der Waals surface area contributed by atoms with E-state index < -0.39 is 0 Å². The van der Waals surface area contributed by atoms with Gasteiger partial charge < -0.3 is 9.67 Å². The fraction of sp³-hybridized carbons (Fsp3) is 0.176. The number of phenols is 1. The number of carbonyl (C=O) groups excluding carboxylic acids is 2. The van der Waals surface area contributed by atoms with Crippen molar-refractivity contribution in [2.45, 2.75) is 13.3 Å². The average Bonchev–Trinajstić information content (AvgIpc) is 3.09. The second-order valence-electron chi connectivity index (χ2n) is 5.15. The fourth-order valence-corrected chi connectivity index (χ4v) is 3.26. The maximum Gasteiger partial charge on any atom is 0.293 e. The molecule has 0 saturated carbocycles. The highest BCUT2D eigenvalue weighted by Gasteiger charge is 2.34. The van der Waals surface area contributed by atoms with Crippen molar-refractivity contribution < 1.29 is 14.7 Å². The Morgan fingerprint density at radius 1 is 1.17 bits per heavy atom. The highest BCUT2D eigenvalue weighted by molar-refractivity contribution is 8.18. The predicted molar refractivity (Wildman–Crippen MR) is 90.4 cm³/mol. The summed E-state index contributed by atoms with van der Waals surface area (Å²) in [5.74, 6) is -0.0385. The molecule has 1 aromatic carbocycles. The Morgan fingerprint density at radius 3 is 2.61 bits per heavy atom. The second-order valence-corrected chi connectivity index (χ2v) is 6.15. The summed E-state index contributed by atoms with van der Waals surface area (Å²) in [5.41, 5.74) is 1.67. The molecule has 0 spiro atoms. The van der Waals surface area contributed by atoms with Crippen LogP contribution in [0.25, 0.3) is 11.8 Å². The van der Waals surface area contributed by atoms with E-state index in [-0.39, 0.29) is 16.9 Å². The average molecular weight is 328 g/mol. The van der Waals surface area contributed by atoms with Crippen LogP contribution >= 0.6 is 11.8 Å². The maximum atomic E-state index is 12.3. The molecule has 1 saturated heterocycles. The number of imide groups is 1. The number of hydrogen-bond donors (Lipinski definition) is 1. The first-order chi connectivity index (χ1) is 11.1. The number of thioether (sulfide) groups is 1. The van der Waals surface area contributed by atoms with Crippen LogP contribution < -0.4 is 0 Å². The van der Waals surface area contributed by atoms with Crippen molar-refractivity contribution in [3.63, 3.8) is 0 Å². The van der Waals surface area contributed by atoms with E-state index in [1.54, 1.807) is 30.3 Å². The van der Waals surface area contributed by atoms with E-state index in [1.807, 2.05) is 29.8 Å². The monoisotopic (exact) mass is 328 g/mol. The molecule has 0 unspecified atom stereocenters. The third kappa shape index (κ3) is 3.03. The minimum atomic E-state index is -0.236. The lowest BCUT2D eigenvalue weighted by Gasteiger charge is -2.10. The largest absolute Gasteiger partial charge is 0.508 e. The van der Waals surface area contributed by atoms with E-state index in [2.05, 4.69) is 0 Å². The Balaban J connectivity index is 1.92. The molecule has 2 amide bonds. The smallest absolute Gasteiger partial charge is 0.293 e. The minimum Gasteiger partial charge on any atom is -0.508 e. The number of aromatic nitrogens is 1. The lowest BCUT2D eigenvalue weighted by molar-refractivity contribution is -0.122. The zero-order valence-corrected chi connectivity index (χ0v) is 13.4. The normalized spacial score (nSPS) is 16.6. The fourth-order valence-electron chi connectivity index (χ4n) is 2.41. The summed E-state index contributed by atoms with van der Waals surface area (Å²) in [7, 11) is 0. The SMILES string of the molecule is CCCN1C(=O)S/C(=C/c2cccn2-c2ccc(O)cc2)C1=O. The topological polar surface area (TPSA) is 62.5 Å². The molecule has 0 radical (unpaired) electrons. The van der Waals surface area contributed by atoms with Gasteiger partial charge in [-0.05, 0) is 60.7 Å². The summed E-state index contributed by atoms with van der Waals surface area (Å²) in [6, 6.07) is 10.5. The molecule has 5 nitrogen and oxygen atoms in total. The van der Waals surface area contributed by atoms with Crippen LogP contribution in [0.3, 0.4) is 0 Å².